The number of nitrogens with zero attached hydrogens (tertiary/aromatic N) is 3. The minimum atomic E-state index is -0.333. The number of hydrogen-bond acceptors (Lipinski definition) is 7. The molecule has 0 bridgehead atoms. The van der Waals surface area contributed by atoms with Gasteiger partial charge in [0.05, 0.1) is 29.5 Å². The smallest absolute Gasteiger partial charge is 0.316 e. The monoisotopic (exact) mass is 441 g/mol. The molecule has 0 amide bonds. The summed E-state index contributed by atoms with van der Waals surface area (Å²) < 4.78 is 12.1. The SMILES string of the molecule is CCN(CC)CCOC(=O)CSc1nc2ccccc2c(=O)n1-c1ccc(OC)cc1. The third kappa shape index (κ3) is 5.65. The van der Waals surface area contributed by atoms with Crippen molar-refractivity contribution in [2.45, 2.75) is 19.0 Å². The van der Waals surface area contributed by atoms with E-state index in [0.29, 0.717) is 40.6 Å². The first-order valence-corrected chi connectivity index (χ1v) is 11.2. The van der Waals surface area contributed by atoms with Crippen LogP contribution in [0.3, 0.4) is 0 Å². The first kappa shape index (κ1) is 22.8. The van der Waals surface area contributed by atoms with Gasteiger partial charge in [-0.15, -0.1) is 0 Å². The summed E-state index contributed by atoms with van der Waals surface area (Å²) in [6, 6.07) is 14.3. The second-order valence-corrected chi connectivity index (χ2v) is 7.73. The highest BCUT2D eigenvalue weighted by Crippen LogP contribution is 2.23. The number of fused-ring (bicyclic) bond motifs is 1. The van der Waals surface area contributed by atoms with E-state index in [4.69, 9.17) is 9.47 Å². The lowest BCUT2D eigenvalue weighted by atomic mass is 10.2. The molecule has 1 aromatic heterocycles. The van der Waals surface area contributed by atoms with E-state index in [2.05, 4.69) is 23.7 Å². The number of esters is 1. The molecule has 3 rings (SSSR count). The van der Waals surface area contributed by atoms with Crippen molar-refractivity contribution >= 4 is 28.6 Å². The van der Waals surface area contributed by atoms with Gasteiger partial charge in [0.25, 0.3) is 5.56 Å². The zero-order chi connectivity index (χ0) is 22.2. The predicted molar refractivity (Wildman–Crippen MR) is 123 cm³/mol. The summed E-state index contributed by atoms with van der Waals surface area (Å²) in [7, 11) is 1.59. The molecule has 2 aromatic carbocycles. The molecule has 1 heterocycles. The topological polar surface area (TPSA) is 73.7 Å². The van der Waals surface area contributed by atoms with E-state index in [1.807, 2.05) is 12.1 Å². The first-order valence-electron chi connectivity index (χ1n) is 10.2. The molecule has 0 unspecified atom stereocenters. The highest BCUT2D eigenvalue weighted by atomic mass is 32.2. The fourth-order valence-corrected chi connectivity index (χ4v) is 3.97. The molecule has 0 atom stereocenters. The minimum Gasteiger partial charge on any atom is -0.497 e. The summed E-state index contributed by atoms with van der Waals surface area (Å²) >= 11 is 1.19. The summed E-state index contributed by atoms with van der Waals surface area (Å²) in [5, 5.41) is 0.957. The van der Waals surface area contributed by atoms with Crippen molar-refractivity contribution in [3.05, 3.63) is 58.9 Å². The summed E-state index contributed by atoms with van der Waals surface area (Å²) in [6.07, 6.45) is 0. The molecule has 0 radical (unpaired) electrons. The second-order valence-electron chi connectivity index (χ2n) is 6.79. The van der Waals surface area contributed by atoms with Crippen molar-refractivity contribution in [1.29, 1.82) is 0 Å². The molecule has 0 spiro atoms. The second kappa shape index (κ2) is 11.0. The molecule has 0 saturated heterocycles. The third-order valence-electron chi connectivity index (χ3n) is 4.96. The molecule has 0 aliphatic rings. The summed E-state index contributed by atoms with van der Waals surface area (Å²) in [4.78, 5) is 32.3. The van der Waals surface area contributed by atoms with Gasteiger partial charge in [0, 0.05) is 6.54 Å². The molecule has 164 valence electrons. The molecule has 0 aliphatic heterocycles. The van der Waals surface area contributed by atoms with Crippen molar-refractivity contribution in [1.82, 2.24) is 14.5 Å². The number of carbonyl (C=O) groups is 1. The molecule has 0 N–H and O–H groups in total. The Morgan fingerprint density at radius 1 is 1.10 bits per heavy atom. The van der Waals surface area contributed by atoms with Gasteiger partial charge in [-0.2, -0.15) is 0 Å². The van der Waals surface area contributed by atoms with E-state index >= 15 is 0 Å². The Labute approximate surface area is 186 Å². The predicted octanol–water partition coefficient (Wildman–Crippen LogP) is 3.37. The molecular formula is C23H27N3O4S. The van der Waals surface area contributed by atoms with E-state index in [-0.39, 0.29) is 17.3 Å². The lowest BCUT2D eigenvalue weighted by Crippen LogP contribution is -2.28. The average molecular weight is 442 g/mol. The summed E-state index contributed by atoms with van der Waals surface area (Å²) in [6.45, 7) is 7.03. The largest absolute Gasteiger partial charge is 0.497 e. The Kier molecular flexibility index (Phi) is 8.08. The van der Waals surface area contributed by atoms with Crippen LogP contribution in [-0.4, -0.2) is 59.5 Å². The van der Waals surface area contributed by atoms with Crippen LogP contribution in [-0.2, 0) is 9.53 Å². The zero-order valence-corrected chi connectivity index (χ0v) is 18.9. The Morgan fingerprint density at radius 2 is 1.81 bits per heavy atom. The number of likely N-dealkylation sites (N-methyl/N-ethyl adjacent to an activating group) is 1. The third-order valence-corrected chi connectivity index (χ3v) is 5.87. The van der Waals surface area contributed by atoms with Crippen LogP contribution in [0.2, 0.25) is 0 Å². The molecule has 31 heavy (non-hydrogen) atoms. The van der Waals surface area contributed by atoms with Crippen LogP contribution in [0, 0.1) is 0 Å². The standard InChI is InChI=1S/C23H27N3O4S/c1-4-25(5-2)14-15-30-21(27)16-31-23-24-20-9-7-6-8-19(20)22(28)26(23)17-10-12-18(29-3)13-11-17/h6-13H,4-5,14-16H2,1-3H3. The molecule has 0 saturated carbocycles. The van der Waals surface area contributed by atoms with E-state index in [9.17, 15) is 9.59 Å². The molecule has 0 fully saturated rings. The summed E-state index contributed by atoms with van der Waals surface area (Å²) in [5.74, 6) is 0.427. The first-order chi connectivity index (χ1) is 15.1. The van der Waals surface area contributed by atoms with E-state index in [1.54, 1.807) is 43.5 Å². The van der Waals surface area contributed by atoms with Gasteiger partial charge >= 0.3 is 5.97 Å². The van der Waals surface area contributed by atoms with Gasteiger partial charge in [-0.3, -0.25) is 14.2 Å². The number of para-hydroxylation sites is 1. The van der Waals surface area contributed by atoms with Gasteiger partial charge in [-0.25, -0.2) is 4.98 Å². The van der Waals surface area contributed by atoms with Crippen molar-refractivity contribution in [3.8, 4) is 11.4 Å². The quantitative estimate of drug-likeness (QED) is 0.271. The van der Waals surface area contributed by atoms with Crippen LogP contribution in [0.4, 0.5) is 0 Å². The number of hydrogen-bond donors (Lipinski definition) is 0. The minimum absolute atomic E-state index is 0.0686. The van der Waals surface area contributed by atoms with Gasteiger partial charge in [0.2, 0.25) is 0 Å². The number of aromatic nitrogens is 2. The van der Waals surface area contributed by atoms with Crippen LogP contribution in [0.15, 0.2) is 58.5 Å². The van der Waals surface area contributed by atoms with Gasteiger partial charge in [0.1, 0.15) is 12.4 Å². The fourth-order valence-electron chi connectivity index (χ4n) is 3.16. The maximum Gasteiger partial charge on any atom is 0.316 e. The Balaban J connectivity index is 1.83. The Hall–Kier alpha value is -2.84. The number of ether oxygens (including phenoxy) is 2. The lowest BCUT2D eigenvalue weighted by Gasteiger charge is -2.17. The van der Waals surface area contributed by atoms with Crippen molar-refractivity contribution < 1.29 is 14.3 Å². The number of carbonyl (C=O) groups excluding carboxylic acids is 1. The highest BCUT2D eigenvalue weighted by molar-refractivity contribution is 7.99. The Morgan fingerprint density at radius 3 is 2.48 bits per heavy atom. The van der Waals surface area contributed by atoms with Crippen LogP contribution < -0.4 is 10.3 Å². The number of methoxy groups -OCH3 is 1. The number of rotatable bonds is 10. The van der Waals surface area contributed by atoms with Gasteiger partial charge < -0.3 is 14.4 Å². The molecule has 7 nitrogen and oxygen atoms in total. The van der Waals surface area contributed by atoms with Crippen molar-refractivity contribution in [2.75, 3.05) is 39.1 Å². The van der Waals surface area contributed by atoms with Crippen LogP contribution in [0.1, 0.15) is 13.8 Å². The van der Waals surface area contributed by atoms with E-state index in [1.165, 1.54) is 16.3 Å². The van der Waals surface area contributed by atoms with Crippen LogP contribution in [0.25, 0.3) is 16.6 Å². The van der Waals surface area contributed by atoms with Crippen molar-refractivity contribution in [2.24, 2.45) is 0 Å². The van der Waals surface area contributed by atoms with E-state index < -0.39 is 0 Å². The van der Waals surface area contributed by atoms with Gasteiger partial charge in [-0.1, -0.05) is 37.7 Å². The molecule has 8 heteroatoms. The van der Waals surface area contributed by atoms with E-state index in [0.717, 1.165) is 13.1 Å². The van der Waals surface area contributed by atoms with Gasteiger partial charge in [0.15, 0.2) is 5.16 Å². The van der Waals surface area contributed by atoms with Gasteiger partial charge in [-0.05, 0) is 49.5 Å². The number of thioether (sulfide) groups is 1. The lowest BCUT2D eigenvalue weighted by molar-refractivity contribution is -0.140. The zero-order valence-electron chi connectivity index (χ0n) is 18.0. The average Bonchev–Trinajstić information content (AvgIpc) is 2.81. The summed E-state index contributed by atoms with van der Waals surface area (Å²) in [5.41, 5.74) is 1.06. The van der Waals surface area contributed by atoms with Crippen LogP contribution >= 0.6 is 11.8 Å². The van der Waals surface area contributed by atoms with Crippen LogP contribution in [0.5, 0.6) is 5.75 Å². The fraction of sp³-hybridized carbons (Fsp3) is 0.348. The normalized spacial score (nSPS) is 11.1. The molecule has 0 aliphatic carbocycles. The maximum absolute atomic E-state index is 13.2. The maximum atomic E-state index is 13.2. The number of benzene rings is 2. The molecule has 3 aromatic rings. The highest BCUT2D eigenvalue weighted by Gasteiger charge is 2.15. The Bertz CT molecular complexity index is 1080. The molecular weight excluding hydrogens is 414 g/mol. The van der Waals surface area contributed by atoms with Crippen molar-refractivity contribution in [3.63, 3.8) is 0 Å².